The Morgan fingerprint density at radius 3 is 2.72 bits per heavy atom. The van der Waals surface area contributed by atoms with Gasteiger partial charge >= 0.3 is 0 Å². The zero-order valence-corrected chi connectivity index (χ0v) is 20.2. The summed E-state index contributed by atoms with van der Waals surface area (Å²) in [6, 6.07) is 3.32. The van der Waals surface area contributed by atoms with Gasteiger partial charge in [-0.25, -0.2) is 18.7 Å². The number of fused-ring (bicyclic) bond motifs is 1. The van der Waals surface area contributed by atoms with Gasteiger partial charge in [0.05, 0.1) is 30.0 Å². The first-order valence-corrected chi connectivity index (χ1v) is 11.9. The molecule has 0 aliphatic carbocycles. The van der Waals surface area contributed by atoms with E-state index in [1.165, 1.54) is 12.1 Å². The summed E-state index contributed by atoms with van der Waals surface area (Å²) >= 11 is 0. The van der Waals surface area contributed by atoms with Gasteiger partial charge in [-0.1, -0.05) is 6.07 Å². The number of halogens is 2. The quantitative estimate of drug-likeness (QED) is 0.583. The molecule has 2 aliphatic heterocycles. The van der Waals surface area contributed by atoms with Crippen LogP contribution in [0.15, 0.2) is 30.6 Å². The number of nitrogens with one attached hydrogen (secondary N) is 1. The van der Waals surface area contributed by atoms with Crippen LogP contribution in [0.3, 0.4) is 0 Å². The third-order valence-electron chi connectivity index (χ3n) is 6.74. The van der Waals surface area contributed by atoms with Crippen LogP contribution in [0.5, 0.6) is 0 Å². The Kier molecular flexibility index (Phi) is 6.38. The molecule has 0 bridgehead atoms. The molecule has 1 fully saturated rings. The van der Waals surface area contributed by atoms with Gasteiger partial charge in [0.25, 0.3) is 0 Å². The van der Waals surface area contributed by atoms with E-state index in [1.807, 2.05) is 13.2 Å². The number of anilines is 1. The Morgan fingerprint density at radius 1 is 1.17 bits per heavy atom. The van der Waals surface area contributed by atoms with Crippen molar-refractivity contribution in [1.82, 2.24) is 30.0 Å². The number of aromatic nitrogens is 4. The van der Waals surface area contributed by atoms with Gasteiger partial charge < -0.3 is 15.1 Å². The lowest BCUT2D eigenvalue weighted by molar-refractivity contribution is -0.129. The van der Waals surface area contributed by atoms with Crippen LogP contribution in [0.1, 0.15) is 30.3 Å². The molecule has 1 N–H and O–H groups in total. The Labute approximate surface area is 207 Å². The number of amides is 2. The molecule has 0 radical (unpaired) electrons. The number of nitrogens with zero attached hydrogens (tertiary/aromatic N) is 6. The maximum absolute atomic E-state index is 13.9. The lowest BCUT2D eigenvalue weighted by atomic mass is 10.1. The van der Waals surface area contributed by atoms with Gasteiger partial charge in [0.2, 0.25) is 11.8 Å². The summed E-state index contributed by atoms with van der Waals surface area (Å²) in [5.74, 6) is -1.13. The highest BCUT2D eigenvalue weighted by Crippen LogP contribution is 2.33. The number of rotatable bonds is 5. The first-order chi connectivity index (χ1) is 17.3. The van der Waals surface area contributed by atoms with Crippen LogP contribution in [0.2, 0.25) is 0 Å². The van der Waals surface area contributed by atoms with E-state index in [0.29, 0.717) is 50.5 Å². The molecule has 1 atom stereocenters. The lowest BCUT2D eigenvalue weighted by Crippen LogP contribution is -2.36. The maximum Gasteiger partial charge on any atom is 0.225 e. The molecule has 2 aromatic heterocycles. The fourth-order valence-electron chi connectivity index (χ4n) is 4.71. The van der Waals surface area contributed by atoms with E-state index in [9.17, 15) is 18.4 Å². The smallest absolute Gasteiger partial charge is 0.225 e. The van der Waals surface area contributed by atoms with Crippen molar-refractivity contribution in [2.24, 2.45) is 13.0 Å². The minimum absolute atomic E-state index is 0.00312. The summed E-state index contributed by atoms with van der Waals surface area (Å²) in [5, 5.41) is 7.05. The van der Waals surface area contributed by atoms with Crippen LogP contribution in [0.4, 0.5) is 14.6 Å². The first-order valence-electron chi connectivity index (χ1n) is 11.9. The van der Waals surface area contributed by atoms with Crippen molar-refractivity contribution in [2.45, 2.75) is 32.9 Å². The number of carbonyl (C=O) groups excluding carboxylic acids is 2. The second-order valence-corrected chi connectivity index (χ2v) is 9.27. The van der Waals surface area contributed by atoms with Crippen LogP contribution >= 0.6 is 0 Å². The zero-order valence-electron chi connectivity index (χ0n) is 20.2. The van der Waals surface area contributed by atoms with E-state index in [2.05, 4.69) is 15.3 Å². The van der Waals surface area contributed by atoms with Crippen LogP contribution in [0.25, 0.3) is 11.3 Å². The molecule has 5 rings (SSSR count). The molecule has 11 heteroatoms. The molecule has 1 saturated heterocycles. The summed E-state index contributed by atoms with van der Waals surface area (Å²) < 4.78 is 28.8. The normalized spacial score (nSPS) is 17.3. The monoisotopic (exact) mass is 495 g/mol. The molecule has 0 saturated carbocycles. The standard InChI is InChI=1S/C25H27F2N7O2/c1-15(35)33-8-6-21-22(14-33)30-23(18-11-29-32(2)12-18)24(31-21)34-7-5-17(13-34)25(36)28-10-16-3-4-19(26)9-20(16)27/h3-4,9,11-12,17H,5-8,10,13-14H2,1-2H3,(H,28,36). The van der Waals surface area contributed by atoms with Gasteiger partial charge in [-0.05, 0) is 12.5 Å². The topological polar surface area (TPSA) is 96.3 Å². The van der Waals surface area contributed by atoms with Crippen molar-refractivity contribution < 1.29 is 18.4 Å². The van der Waals surface area contributed by atoms with E-state index in [1.54, 1.807) is 22.7 Å². The second-order valence-electron chi connectivity index (χ2n) is 9.27. The molecule has 2 aliphatic rings. The van der Waals surface area contributed by atoms with Crippen molar-refractivity contribution in [2.75, 3.05) is 24.5 Å². The predicted octanol–water partition coefficient (Wildman–Crippen LogP) is 2.20. The fourth-order valence-corrected chi connectivity index (χ4v) is 4.71. The average molecular weight is 496 g/mol. The fraction of sp³-hybridized carbons (Fsp3) is 0.400. The van der Waals surface area contributed by atoms with Crippen LogP contribution in [0, 0.1) is 17.6 Å². The van der Waals surface area contributed by atoms with E-state index in [4.69, 9.17) is 9.97 Å². The zero-order chi connectivity index (χ0) is 25.4. The van der Waals surface area contributed by atoms with Crippen molar-refractivity contribution in [3.05, 3.63) is 59.2 Å². The SMILES string of the molecule is CC(=O)N1CCc2nc(N3CCC(C(=O)NCc4ccc(F)cc4F)C3)c(-c3cnn(C)c3)nc2C1. The Balaban J connectivity index is 1.35. The number of benzene rings is 1. The first kappa shape index (κ1) is 23.8. The molecule has 0 spiro atoms. The molecule has 4 heterocycles. The van der Waals surface area contributed by atoms with Gasteiger partial charge in [0.15, 0.2) is 5.82 Å². The van der Waals surface area contributed by atoms with Gasteiger partial charge in [-0.2, -0.15) is 5.10 Å². The van der Waals surface area contributed by atoms with Crippen LogP contribution < -0.4 is 10.2 Å². The van der Waals surface area contributed by atoms with Gasteiger partial charge in [0, 0.05) is 70.0 Å². The molecule has 1 unspecified atom stereocenters. The summed E-state index contributed by atoms with van der Waals surface area (Å²) in [6.07, 6.45) is 4.82. The number of hydrogen-bond acceptors (Lipinski definition) is 6. The van der Waals surface area contributed by atoms with E-state index in [0.717, 1.165) is 23.0 Å². The van der Waals surface area contributed by atoms with Gasteiger partial charge in [0.1, 0.15) is 17.3 Å². The van der Waals surface area contributed by atoms with E-state index >= 15 is 0 Å². The largest absolute Gasteiger partial charge is 0.354 e. The molecular formula is C25H27F2N7O2. The van der Waals surface area contributed by atoms with Crippen molar-refractivity contribution >= 4 is 17.6 Å². The Morgan fingerprint density at radius 2 is 2.00 bits per heavy atom. The number of aryl methyl sites for hydroxylation is 1. The van der Waals surface area contributed by atoms with Gasteiger partial charge in [-0.3, -0.25) is 14.3 Å². The predicted molar refractivity (Wildman–Crippen MR) is 128 cm³/mol. The molecule has 1 aromatic carbocycles. The molecule has 2 amide bonds. The van der Waals surface area contributed by atoms with Crippen molar-refractivity contribution in [3.8, 4) is 11.3 Å². The highest BCUT2D eigenvalue weighted by Gasteiger charge is 2.32. The minimum Gasteiger partial charge on any atom is -0.354 e. The highest BCUT2D eigenvalue weighted by atomic mass is 19.1. The van der Waals surface area contributed by atoms with Crippen LogP contribution in [-0.2, 0) is 36.1 Å². The Hall–Kier alpha value is -3.89. The maximum atomic E-state index is 13.9. The average Bonchev–Trinajstić information content (AvgIpc) is 3.51. The molecule has 3 aromatic rings. The molecule has 188 valence electrons. The minimum atomic E-state index is -0.683. The summed E-state index contributed by atoms with van der Waals surface area (Å²) in [5.41, 5.74) is 3.34. The number of hydrogen-bond donors (Lipinski definition) is 1. The second kappa shape index (κ2) is 9.63. The molecule has 9 nitrogen and oxygen atoms in total. The van der Waals surface area contributed by atoms with Gasteiger partial charge in [-0.15, -0.1) is 0 Å². The van der Waals surface area contributed by atoms with E-state index in [-0.39, 0.29) is 29.8 Å². The van der Waals surface area contributed by atoms with Crippen molar-refractivity contribution in [3.63, 3.8) is 0 Å². The van der Waals surface area contributed by atoms with Crippen molar-refractivity contribution in [1.29, 1.82) is 0 Å². The summed E-state index contributed by atoms with van der Waals surface area (Å²) in [7, 11) is 1.83. The highest BCUT2D eigenvalue weighted by molar-refractivity contribution is 5.81. The third-order valence-corrected chi connectivity index (χ3v) is 6.74. The third kappa shape index (κ3) is 4.77. The molecule has 36 heavy (non-hydrogen) atoms. The summed E-state index contributed by atoms with van der Waals surface area (Å²) in [6.45, 7) is 3.60. The van der Waals surface area contributed by atoms with Crippen LogP contribution in [-0.4, -0.2) is 56.1 Å². The molecular weight excluding hydrogens is 468 g/mol. The lowest BCUT2D eigenvalue weighted by Gasteiger charge is -2.29. The Bertz CT molecular complexity index is 1330. The number of carbonyl (C=O) groups is 2. The van der Waals surface area contributed by atoms with E-state index < -0.39 is 11.6 Å². The summed E-state index contributed by atoms with van der Waals surface area (Å²) in [4.78, 5) is 38.4.